The van der Waals surface area contributed by atoms with Crippen molar-refractivity contribution in [3.05, 3.63) is 22.4 Å². The summed E-state index contributed by atoms with van der Waals surface area (Å²) in [7, 11) is 0. The first-order chi connectivity index (χ1) is 10.2. The van der Waals surface area contributed by atoms with Gasteiger partial charge in [0.2, 0.25) is 5.91 Å². The molecule has 21 heavy (non-hydrogen) atoms. The van der Waals surface area contributed by atoms with Crippen molar-refractivity contribution >= 4 is 23.3 Å². The van der Waals surface area contributed by atoms with E-state index in [1.54, 1.807) is 11.3 Å². The number of carbonyl (C=O) groups is 2. The predicted octanol–water partition coefficient (Wildman–Crippen LogP) is 2.34. The van der Waals surface area contributed by atoms with Gasteiger partial charge in [0, 0.05) is 17.5 Å². The monoisotopic (exact) mass is 309 g/mol. The second kappa shape index (κ2) is 8.14. The molecule has 0 unspecified atom stereocenters. The van der Waals surface area contributed by atoms with Gasteiger partial charge in [-0.05, 0) is 30.8 Å². The summed E-state index contributed by atoms with van der Waals surface area (Å²) >= 11 is 1.68. The standard InChI is InChI=1S/C15H23N3O2S/c1-2-18(10-13-8-5-9-21-13)11-14(19)17-15(20)16-12-6-3-4-7-12/h5,8-9,12H,2-4,6-7,10-11H2,1H3,(H2,16,17,19,20). The van der Waals surface area contributed by atoms with Gasteiger partial charge in [-0.15, -0.1) is 11.3 Å². The lowest BCUT2D eigenvalue weighted by atomic mass is 10.2. The highest BCUT2D eigenvalue weighted by atomic mass is 32.1. The third kappa shape index (κ3) is 5.47. The van der Waals surface area contributed by atoms with Crippen LogP contribution in [0.3, 0.4) is 0 Å². The van der Waals surface area contributed by atoms with E-state index in [2.05, 4.69) is 16.7 Å². The molecule has 1 fully saturated rings. The molecule has 2 N–H and O–H groups in total. The number of imide groups is 1. The maximum absolute atomic E-state index is 11.9. The number of nitrogens with zero attached hydrogens (tertiary/aromatic N) is 1. The summed E-state index contributed by atoms with van der Waals surface area (Å²) in [4.78, 5) is 26.9. The minimum absolute atomic E-state index is 0.228. The lowest BCUT2D eigenvalue weighted by Gasteiger charge is -2.19. The van der Waals surface area contributed by atoms with Crippen LogP contribution in [0.1, 0.15) is 37.5 Å². The zero-order valence-electron chi connectivity index (χ0n) is 12.4. The molecule has 1 aliphatic rings. The zero-order valence-corrected chi connectivity index (χ0v) is 13.2. The molecule has 6 heteroatoms. The second-order valence-electron chi connectivity index (χ2n) is 5.39. The molecule has 1 heterocycles. The van der Waals surface area contributed by atoms with Gasteiger partial charge in [0.05, 0.1) is 6.54 Å². The third-order valence-electron chi connectivity index (χ3n) is 3.72. The van der Waals surface area contributed by atoms with E-state index in [1.165, 1.54) is 4.88 Å². The summed E-state index contributed by atoms with van der Waals surface area (Å²) in [5.74, 6) is -0.246. The van der Waals surface area contributed by atoms with Gasteiger partial charge in [0.25, 0.3) is 0 Å². The van der Waals surface area contributed by atoms with Crippen molar-refractivity contribution in [2.45, 2.75) is 45.2 Å². The van der Waals surface area contributed by atoms with E-state index in [9.17, 15) is 9.59 Å². The molecular weight excluding hydrogens is 286 g/mol. The maximum atomic E-state index is 11.9. The first kappa shape index (κ1) is 16.0. The van der Waals surface area contributed by atoms with Crippen LogP contribution in [-0.4, -0.2) is 36.0 Å². The number of nitrogens with one attached hydrogen (secondary N) is 2. The van der Waals surface area contributed by atoms with Crippen molar-refractivity contribution in [1.29, 1.82) is 0 Å². The fourth-order valence-electron chi connectivity index (χ4n) is 2.56. The maximum Gasteiger partial charge on any atom is 0.321 e. The van der Waals surface area contributed by atoms with Gasteiger partial charge in [-0.3, -0.25) is 15.0 Å². The number of thiophene rings is 1. The van der Waals surface area contributed by atoms with Crippen LogP contribution in [0.5, 0.6) is 0 Å². The van der Waals surface area contributed by atoms with Crippen LogP contribution in [0, 0.1) is 0 Å². The number of hydrogen-bond donors (Lipinski definition) is 2. The first-order valence-electron chi connectivity index (χ1n) is 7.52. The number of urea groups is 1. The lowest BCUT2D eigenvalue weighted by Crippen LogP contribution is -2.46. The van der Waals surface area contributed by atoms with E-state index in [0.717, 1.165) is 38.8 Å². The molecule has 0 radical (unpaired) electrons. The molecule has 116 valence electrons. The van der Waals surface area contributed by atoms with Gasteiger partial charge >= 0.3 is 6.03 Å². The van der Waals surface area contributed by atoms with Crippen LogP contribution in [0.15, 0.2) is 17.5 Å². The average Bonchev–Trinajstić information content (AvgIpc) is 3.11. The molecule has 0 aliphatic heterocycles. The van der Waals surface area contributed by atoms with Crippen LogP contribution in [0.4, 0.5) is 4.79 Å². The SMILES string of the molecule is CCN(CC(=O)NC(=O)NC1CCCC1)Cc1cccs1. The Kier molecular flexibility index (Phi) is 6.20. The third-order valence-corrected chi connectivity index (χ3v) is 4.58. The zero-order chi connectivity index (χ0) is 15.1. The quantitative estimate of drug-likeness (QED) is 0.848. The molecule has 1 saturated carbocycles. The normalized spacial score (nSPS) is 15.3. The van der Waals surface area contributed by atoms with E-state index in [1.807, 2.05) is 23.3 Å². The molecular formula is C15H23N3O2S. The largest absolute Gasteiger partial charge is 0.335 e. The molecule has 1 aliphatic carbocycles. The van der Waals surface area contributed by atoms with Crippen LogP contribution in [-0.2, 0) is 11.3 Å². The van der Waals surface area contributed by atoms with Gasteiger partial charge in [0.15, 0.2) is 0 Å². The van der Waals surface area contributed by atoms with Crippen molar-refractivity contribution < 1.29 is 9.59 Å². The molecule has 0 spiro atoms. The van der Waals surface area contributed by atoms with Gasteiger partial charge in [0.1, 0.15) is 0 Å². The summed E-state index contributed by atoms with van der Waals surface area (Å²) in [5.41, 5.74) is 0. The van der Waals surface area contributed by atoms with E-state index in [0.29, 0.717) is 0 Å². The van der Waals surface area contributed by atoms with E-state index < -0.39 is 0 Å². The molecule has 0 saturated heterocycles. The Bertz CT molecular complexity index is 455. The minimum Gasteiger partial charge on any atom is -0.335 e. The number of amides is 3. The lowest BCUT2D eigenvalue weighted by molar-refractivity contribution is -0.121. The Morgan fingerprint density at radius 3 is 2.76 bits per heavy atom. The van der Waals surface area contributed by atoms with Crippen molar-refractivity contribution in [2.75, 3.05) is 13.1 Å². The number of carbonyl (C=O) groups excluding carboxylic acids is 2. The Balaban J connectivity index is 1.72. The van der Waals surface area contributed by atoms with E-state index in [4.69, 9.17) is 0 Å². The summed E-state index contributed by atoms with van der Waals surface area (Å²) in [6.45, 7) is 3.77. The van der Waals surface area contributed by atoms with Crippen molar-refractivity contribution in [3.8, 4) is 0 Å². The topological polar surface area (TPSA) is 61.4 Å². The highest BCUT2D eigenvalue weighted by Crippen LogP contribution is 2.17. The number of likely N-dealkylation sites (N-methyl/N-ethyl adjacent to an activating group) is 1. The molecule has 1 aromatic heterocycles. The van der Waals surface area contributed by atoms with Gasteiger partial charge in [-0.25, -0.2) is 4.79 Å². The van der Waals surface area contributed by atoms with Gasteiger partial charge in [-0.1, -0.05) is 25.8 Å². The molecule has 1 aromatic rings. The molecule has 2 rings (SSSR count). The Morgan fingerprint density at radius 1 is 1.38 bits per heavy atom. The van der Waals surface area contributed by atoms with Crippen LogP contribution < -0.4 is 10.6 Å². The number of rotatable bonds is 6. The fraction of sp³-hybridized carbons (Fsp3) is 0.600. The van der Waals surface area contributed by atoms with Crippen molar-refractivity contribution in [3.63, 3.8) is 0 Å². The van der Waals surface area contributed by atoms with E-state index in [-0.39, 0.29) is 24.5 Å². The molecule has 3 amide bonds. The van der Waals surface area contributed by atoms with Gasteiger partial charge in [-0.2, -0.15) is 0 Å². The van der Waals surface area contributed by atoms with Crippen LogP contribution in [0.25, 0.3) is 0 Å². The Hall–Kier alpha value is -1.40. The Morgan fingerprint density at radius 2 is 2.14 bits per heavy atom. The molecule has 0 bridgehead atoms. The van der Waals surface area contributed by atoms with Gasteiger partial charge < -0.3 is 5.32 Å². The van der Waals surface area contributed by atoms with Crippen molar-refractivity contribution in [1.82, 2.24) is 15.5 Å². The molecule has 5 nitrogen and oxygen atoms in total. The smallest absolute Gasteiger partial charge is 0.321 e. The first-order valence-corrected chi connectivity index (χ1v) is 8.40. The summed E-state index contributed by atoms with van der Waals surface area (Å²) < 4.78 is 0. The summed E-state index contributed by atoms with van der Waals surface area (Å²) in [5, 5.41) is 7.31. The molecule has 0 atom stereocenters. The summed E-state index contributed by atoms with van der Waals surface area (Å²) in [6, 6.07) is 3.92. The Labute approximate surface area is 129 Å². The summed E-state index contributed by atoms with van der Waals surface area (Å²) in [6.07, 6.45) is 4.34. The van der Waals surface area contributed by atoms with Crippen molar-refractivity contribution in [2.24, 2.45) is 0 Å². The molecule has 0 aromatic carbocycles. The van der Waals surface area contributed by atoms with Crippen LogP contribution in [0.2, 0.25) is 0 Å². The second-order valence-corrected chi connectivity index (χ2v) is 6.42. The van der Waals surface area contributed by atoms with E-state index >= 15 is 0 Å². The minimum atomic E-state index is -0.362. The fourth-order valence-corrected chi connectivity index (χ4v) is 3.31. The highest BCUT2D eigenvalue weighted by molar-refractivity contribution is 7.09. The number of hydrogen-bond acceptors (Lipinski definition) is 4. The predicted molar refractivity (Wildman–Crippen MR) is 84.2 cm³/mol. The average molecular weight is 309 g/mol. The van der Waals surface area contributed by atoms with Crippen LogP contribution >= 0.6 is 11.3 Å². The highest BCUT2D eigenvalue weighted by Gasteiger charge is 2.19.